The van der Waals surface area contributed by atoms with Gasteiger partial charge in [-0.15, -0.1) is 0 Å². The molecule has 0 radical (unpaired) electrons. The lowest BCUT2D eigenvalue weighted by atomic mass is 9.82. The Labute approximate surface area is 307 Å². The predicted octanol–water partition coefficient (Wildman–Crippen LogP) is 5.96. The van der Waals surface area contributed by atoms with E-state index in [0.29, 0.717) is 49.0 Å². The number of benzene rings is 2. The lowest BCUT2D eigenvalue weighted by Gasteiger charge is -2.49. The Kier molecular flexibility index (Phi) is 12.8. The first kappa shape index (κ1) is 39.6. The van der Waals surface area contributed by atoms with Crippen LogP contribution in [0.1, 0.15) is 66.7 Å². The van der Waals surface area contributed by atoms with Gasteiger partial charge in [-0.1, -0.05) is 33.2 Å². The Balaban J connectivity index is 0.000000317. The zero-order valence-corrected chi connectivity index (χ0v) is 30.8. The fourth-order valence-corrected chi connectivity index (χ4v) is 6.81. The third-order valence-electron chi connectivity index (χ3n) is 9.62. The minimum atomic E-state index is -1.21. The number of aryl methyl sites for hydroxylation is 1. The molecular weight excluding hydrogens is 746 g/mol. The van der Waals surface area contributed by atoms with Gasteiger partial charge in [0.1, 0.15) is 12.2 Å². The summed E-state index contributed by atoms with van der Waals surface area (Å²) in [6.07, 6.45) is 5.40. The second-order valence-corrected chi connectivity index (χ2v) is 13.8. The SMILES string of the molecule is CCO/N=C(/c1ccc(Br)cc1)C1CCN(C2(C)CCN(C(=O)c3c(C)cc[n+]([O-])c3C)CC2)CC1.O=[N+]([O-])c1cc([N+](=O)[O-])c(O)c([N+](=O)[O-])c1. The highest BCUT2D eigenvalue weighted by molar-refractivity contribution is 9.10. The molecule has 278 valence electrons. The Bertz CT molecular complexity index is 1820. The number of carbonyl (C=O) groups is 1. The van der Waals surface area contributed by atoms with Gasteiger partial charge < -0.3 is 20.1 Å². The number of pyridine rings is 1. The van der Waals surface area contributed by atoms with Gasteiger partial charge >= 0.3 is 11.4 Å². The van der Waals surface area contributed by atoms with Crippen molar-refractivity contribution in [1.29, 1.82) is 0 Å². The summed E-state index contributed by atoms with van der Waals surface area (Å²) in [5, 5.41) is 56.8. The molecule has 2 fully saturated rings. The van der Waals surface area contributed by atoms with Crippen LogP contribution in [0.5, 0.6) is 5.75 Å². The lowest BCUT2D eigenvalue weighted by Crippen LogP contribution is -2.57. The second kappa shape index (κ2) is 16.9. The average Bonchev–Trinajstić information content (AvgIpc) is 3.11. The minimum absolute atomic E-state index is 0.0257. The summed E-state index contributed by atoms with van der Waals surface area (Å²) in [6, 6.07) is 10.9. The van der Waals surface area contributed by atoms with E-state index < -0.39 is 37.6 Å². The number of phenols is 1. The molecule has 18 heteroatoms. The van der Waals surface area contributed by atoms with Crippen LogP contribution in [0.15, 0.2) is 58.3 Å². The number of hydrogen-bond donors (Lipinski definition) is 1. The van der Waals surface area contributed by atoms with Crippen molar-refractivity contribution in [3.63, 3.8) is 0 Å². The van der Waals surface area contributed by atoms with Crippen LogP contribution >= 0.6 is 15.9 Å². The van der Waals surface area contributed by atoms with E-state index in [1.54, 1.807) is 13.0 Å². The number of phenolic OH excluding ortho intramolecular Hbond substituents is 1. The third-order valence-corrected chi connectivity index (χ3v) is 10.2. The Morgan fingerprint density at radius 1 is 0.981 bits per heavy atom. The summed E-state index contributed by atoms with van der Waals surface area (Å²) in [6.45, 7) is 11.9. The molecule has 0 aliphatic carbocycles. The molecule has 0 atom stereocenters. The maximum atomic E-state index is 13.3. The molecule has 3 aromatic rings. The molecule has 1 aromatic heterocycles. The van der Waals surface area contributed by atoms with Crippen LogP contribution < -0.4 is 4.73 Å². The van der Waals surface area contributed by atoms with Gasteiger partial charge in [0.05, 0.1) is 32.6 Å². The number of oxime groups is 1. The fourth-order valence-electron chi connectivity index (χ4n) is 6.54. The highest BCUT2D eigenvalue weighted by Crippen LogP contribution is 2.39. The third kappa shape index (κ3) is 8.97. The van der Waals surface area contributed by atoms with Crippen LogP contribution in [0.25, 0.3) is 0 Å². The summed E-state index contributed by atoms with van der Waals surface area (Å²) in [4.78, 5) is 51.1. The van der Waals surface area contributed by atoms with Gasteiger partial charge in [0.25, 0.3) is 17.3 Å². The lowest BCUT2D eigenvalue weighted by molar-refractivity contribution is -0.612. The van der Waals surface area contributed by atoms with Crippen LogP contribution in [-0.2, 0) is 4.84 Å². The number of aromatic nitrogens is 1. The van der Waals surface area contributed by atoms with Crippen LogP contribution in [0.4, 0.5) is 17.1 Å². The number of nitrogens with zero attached hydrogens (tertiary/aromatic N) is 7. The highest BCUT2D eigenvalue weighted by atomic mass is 79.9. The van der Waals surface area contributed by atoms with Gasteiger partial charge in [-0.25, -0.2) is 0 Å². The van der Waals surface area contributed by atoms with E-state index >= 15 is 0 Å². The number of nitro groups is 3. The minimum Gasteiger partial charge on any atom is -0.618 e. The van der Waals surface area contributed by atoms with Gasteiger partial charge in [0.15, 0.2) is 6.20 Å². The molecule has 17 nitrogen and oxygen atoms in total. The topological polar surface area (TPSA) is 222 Å². The summed E-state index contributed by atoms with van der Waals surface area (Å²) < 4.78 is 1.84. The number of carbonyl (C=O) groups excluding carboxylic acids is 1. The smallest absolute Gasteiger partial charge is 0.324 e. The average molecular weight is 787 g/mol. The Morgan fingerprint density at radius 2 is 1.54 bits per heavy atom. The first-order valence-electron chi connectivity index (χ1n) is 16.6. The van der Waals surface area contributed by atoms with E-state index in [9.17, 15) is 40.3 Å². The Morgan fingerprint density at radius 3 is 2.04 bits per heavy atom. The van der Waals surface area contributed by atoms with Crippen molar-refractivity contribution < 1.29 is 34.2 Å². The molecule has 2 aromatic carbocycles. The maximum absolute atomic E-state index is 13.3. The van der Waals surface area contributed by atoms with Crippen molar-refractivity contribution in [3.8, 4) is 5.75 Å². The molecule has 2 aliphatic heterocycles. The van der Waals surface area contributed by atoms with E-state index in [4.69, 9.17) is 9.94 Å². The number of halogens is 1. The largest absolute Gasteiger partial charge is 0.618 e. The quantitative estimate of drug-likeness (QED) is 0.0876. The molecular formula is C34H40BrN7O10. The molecule has 1 amide bonds. The van der Waals surface area contributed by atoms with Gasteiger partial charge in [0, 0.05) is 42.0 Å². The molecule has 0 bridgehead atoms. The first-order chi connectivity index (χ1) is 24.6. The molecule has 0 unspecified atom stereocenters. The van der Waals surface area contributed by atoms with Gasteiger partial charge in [-0.2, -0.15) is 4.73 Å². The number of likely N-dealkylation sites (tertiary alicyclic amines) is 2. The summed E-state index contributed by atoms with van der Waals surface area (Å²) in [5.41, 5.74) is 1.10. The van der Waals surface area contributed by atoms with Crippen LogP contribution in [0.3, 0.4) is 0 Å². The molecule has 3 heterocycles. The Hall–Kier alpha value is -5.23. The van der Waals surface area contributed by atoms with Crippen molar-refractivity contribution in [3.05, 3.63) is 111 Å². The van der Waals surface area contributed by atoms with Crippen molar-refractivity contribution in [1.82, 2.24) is 9.80 Å². The van der Waals surface area contributed by atoms with E-state index in [1.165, 1.54) is 6.20 Å². The van der Waals surface area contributed by atoms with Crippen molar-refractivity contribution in [2.75, 3.05) is 32.8 Å². The van der Waals surface area contributed by atoms with E-state index in [-0.39, 0.29) is 11.4 Å². The number of rotatable bonds is 9. The van der Waals surface area contributed by atoms with E-state index in [2.05, 4.69) is 57.2 Å². The molecule has 0 saturated carbocycles. The monoisotopic (exact) mass is 785 g/mol. The van der Waals surface area contributed by atoms with Gasteiger partial charge in [-0.05, 0) is 82.8 Å². The molecule has 1 N–H and O–H groups in total. The van der Waals surface area contributed by atoms with Crippen molar-refractivity contribution >= 4 is 44.6 Å². The number of hydrogen-bond acceptors (Lipinski definition) is 12. The molecule has 2 saturated heterocycles. The highest BCUT2D eigenvalue weighted by Gasteiger charge is 2.40. The summed E-state index contributed by atoms with van der Waals surface area (Å²) in [7, 11) is 0. The number of nitro benzene ring substituents is 3. The van der Waals surface area contributed by atoms with Crippen LogP contribution in [-0.4, -0.2) is 79.6 Å². The molecule has 5 rings (SSSR count). The van der Waals surface area contributed by atoms with E-state index in [0.717, 1.165) is 64.8 Å². The van der Waals surface area contributed by atoms with Crippen LogP contribution in [0.2, 0.25) is 0 Å². The van der Waals surface area contributed by atoms with E-state index in [1.807, 2.05) is 18.7 Å². The fraction of sp³-hybridized carbons (Fsp3) is 0.441. The second-order valence-electron chi connectivity index (χ2n) is 12.8. The summed E-state index contributed by atoms with van der Waals surface area (Å²) >= 11 is 3.52. The molecule has 52 heavy (non-hydrogen) atoms. The van der Waals surface area contributed by atoms with Crippen molar-refractivity contribution in [2.24, 2.45) is 11.1 Å². The predicted molar refractivity (Wildman–Crippen MR) is 193 cm³/mol. The number of amides is 1. The molecule has 2 aliphatic rings. The summed E-state index contributed by atoms with van der Waals surface area (Å²) in [5.74, 6) is -0.870. The van der Waals surface area contributed by atoms with Crippen LogP contribution in [0, 0.1) is 55.3 Å². The normalized spacial score (nSPS) is 16.4. The standard InChI is InChI=1S/C28H37BrN4O3.C6H3N3O7/c1-5-36-30-26(22-6-8-24(29)9-7-22)23-11-15-32(16-12-23)28(4)13-18-31(19-14-28)27(34)25-20(2)10-17-33(35)21(25)3;10-6-4(8(13)14)1-3(7(11)12)2-5(6)9(15)16/h6-10,17,23H,5,11-16,18-19H2,1-4H3;1-2,10H/b30-26-;. The number of aromatic hydroxyl groups is 1. The number of non-ortho nitro benzene ring substituents is 1. The zero-order chi connectivity index (χ0) is 38.3. The number of piperidine rings is 2. The van der Waals surface area contributed by atoms with Crippen molar-refractivity contribution in [2.45, 2.75) is 58.9 Å². The maximum Gasteiger partial charge on any atom is 0.324 e. The molecule has 0 spiro atoms. The van der Waals surface area contributed by atoms with Gasteiger partial charge in [-0.3, -0.25) is 40.0 Å². The first-order valence-corrected chi connectivity index (χ1v) is 17.4. The zero-order valence-electron chi connectivity index (χ0n) is 29.2. The van der Waals surface area contributed by atoms with Gasteiger partial charge in [0.2, 0.25) is 5.69 Å².